The number of hydrogen-bond donors (Lipinski definition) is 1. The van der Waals surface area contributed by atoms with Gasteiger partial charge in [-0.05, 0) is 43.7 Å². The van der Waals surface area contributed by atoms with Crippen molar-refractivity contribution in [1.29, 1.82) is 0 Å². The first-order valence-electron chi connectivity index (χ1n) is 10.5. The monoisotopic (exact) mass is 418 g/mol. The second kappa shape index (κ2) is 10.5. The summed E-state index contributed by atoms with van der Waals surface area (Å²) >= 11 is 0. The summed E-state index contributed by atoms with van der Waals surface area (Å²) in [6, 6.07) is 4.96. The number of Topliss-reactive ketones (excluding diaryl/α,β-unsaturated/α-hetero) is 1. The Morgan fingerprint density at radius 2 is 1.93 bits per heavy atom. The van der Waals surface area contributed by atoms with E-state index in [1.165, 1.54) is 6.07 Å². The molecule has 1 aliphatic heterocycles. The number of rotatable bonds is 7. The second-order valence-corrected chi connectivity index (χ2v) is 7.68. The molecule has 0 radical (unpaired) electrons. The van der Waals surface area contributed by atoms with Crippen LogP contribution < -0.4 is 4.65 Å². The minimum absolute atomic E-state index is 0.0407. The molecule has 0 unspecified atom stereocenters. The van der Waals surface area contributed by atoms with Gasteiger partial charge in [-0.25, -0.2) is 9.59 Å². The van der Waals surface area contributed by atoms with Crippen molar-refractivity contribution in [3.63, 3.8) is 0 Å². The third-order valence-electron chi connectivity index (χ3n) is 5.51. The molecule has 1 aromatic carbocycles. The van der Waals surface area contributed by atoms with Gasteiger partial charge in [0.15, 0.2) is 0 Å². The molecule has 0 spiro atoms. The topological polar surface area (TPSA) is 108 Å². The molecule has 1 heterocycles. The van der Waals surface area contributed by atoms with Crippen molar-refractivity contribution < 1.29 is 38.3 Å². The number of ketones is 1. The number of esters is 1. The molecule has 30 heavy (non-hydrogen) atoms. The molecular weight excluding hydrogens is 391 g/mol. The lowest BCUT2D eigenvalue weighted by atomic mass is 9.64. The fraction of sp³-hybridized carbons (Fsp3) is 0.571. The van der Waals surface area contributed by atoms with Crippen LogP contribution in [-0.2, 0) is 25.4 Å². The van der Waals surface area contributed by atoms with E-state index in [1.807, 2.05) is 0 Å². The molecule has 0 amide bonds. The fourth-order valence-electron chi connectivity index (χ4n) is 3.82. The van der Waals surface area contributed by atoms with Crippen molar-refractivity contribution in [2.24, 2.45) is 0 Å². The largest absolute Gasteiger partial charge is 0.535 e. The Kier molecular flexibility index (Phi) is 7.73. The maximum Gasteiger partial charge on any atom is 0.526 e. The summed E-state index contributed by atoms with van der Waals surface area (Å²) in [5.41, 5.74) is 0.831. The lowest BCUT2D eigenvalue weighted by Gasteiger charge is -2.28. The highest BCUT2D eigenvalue weighted by molar-refractivity contribution is 6.47. The van der Waals surface area contributed by atoms with Crippen molar-refractivity contribution in [3.8, 4) is 5.75 Å². The maximum atomic E-state index is 12.4. The van der Waals surface area contributed by atoms with Crippen LogP contribution in [0.1, 0.15) is 67.8 Å². The van der Waals surface area contributed by atoms with E-state index in [9.17, 15) is 19.4 Å². The Balaban J connectivity index is 1.54. The van der Waals surface area contributed by atoms with E-state index >= 15 is 0 Å². The van der Waals surface area contributed by atoms with E-state index in [4.69, 9.17) is 18.9 Å². The number of para-hydroxylation sites is 1. The maximum absolute atomic E-state index is 12.4. The molecule has 1 N–H and O–H groups in total. The average molecular weight is 418 g/mol. The van der Waals surface area contributed by atoms with Gasteiger partial charge in [-0.3, -0.25) is 4.79 Å². The van der Waals surface area contributed by atoms with E-state index < -0.39 is 26.0 Å². The van der Waals surface area contributed by atoms with Gasteiger partial charge in [-0.2, -0.15) is 0 Å². The molecule has 0 saturated heterocycles. The molecule has 1 saturated carbocycles. The van der Waals surface area contributed by atoms with Crippen LogP contribution in [-0.4, -0.2) is 42.9 Å². The standard InChI is InChI=1S/C21H27BO8/c1-2-16(23)12-15-11-14-7-6-10-18(19(14)30-22(15)26)20(24)27-13-28-21(25)29-17-8-4-3-5-9-17/h6-7,10,15,17,26H,2-5,8-9,11-13H2,1H3/t15-/m1/s1. The predicted octanol–water partition coefficient (Wildman–Crippen LogP) is 3.44. The average Bonchev–Trinajstić information content (AvgIpc) is 2.74. The highest BCUT2D eigenvalue weighted by Gasteiger charge is 2.37. The predicted molar refractivity (Wildman–Crippen MR) is 107 cm³/mol. The number of carbonyl (C=O) groups is 3. The normalized spacial score (nSPS) is 18.7. The van der Waals surface area contributed by atoms with Gasteiger partial charge >= 0.3 is 19.2 Å². The number of carbonyl (C=O) groups excluding carboxylic acids is 3. The zero-order valence-corrected chi connectivity index (χ0v) is 17.1. The second-order valence-electron chi connectivity index (χ2n) is 7.68. The molecular formula is C21H27BO8. The van der Waals surface area contributed by atoms with Gasteiger partial charge in [-0.1, -0.05) is 25.5 Å². The third-order valence-corrected chi connectivity index (χ3v) is 5.51. The van der Waals surface area contributed by atoms with Crippen LogP contribution in [0.15, 0.2) is 18.2 Å². The van der Waals surface area contributed by atoms with Gasteiger partial charge in [0.2, 0.25) is 6.79 Å². The lowest BCUT2D eigenvalue weighted by molar-refractivity contribution is -0.119. The minimum Gasteiger partial charge on any atom is -0.535 e. The van der Waals surface area contributed by atoms with Crippen LogP contribution in [0.25, 0.3) is 0 Å². The molecule has 2 aliphatic rings. The Labute approximate surface area is 176 Å². The zero-order valence-electron chi connectivity index (χ0n) is 17.1. The molecule has 0 aromatic heterocycles. The number of benzene rings is 1. The van der Waals surface area contributed by atoms with Gasteiger partial charge in [0, 0.05) is 18.7 Å². The van der Waals surface area contributed by atoms with Crippen LogP contribution in [0.3, 0.4) is 0 Å². The van der Waals surface area contributed by atoms with Gasteiger partial charge in [0.25, 0.3) is 0 Å². The SMILES string of the molecule is CCC(=O)C[C@H]1Cc2cccc(C(=O)OCOC(=O)OC3CCCCC3)c2OB1O. The zero-order chi connectivity index (χ0) is 21.5. The Hall–Kier alpha value is -2.55. The Morgan fingerprint density at radius 1 is 1.17 bits per heavy atom. The molecule has 1 aromatic rings. The molecule has 3 rings (SSSR count). The van der Waals surface area contributed by atoms with Crippen LogP contribution in [0.2, 0.25) is 5.82 Å². The Morgan fingerprint density at radius 3 is 2.67 bits per heavy atom. The quantitative estimate of drug-likeness (QED) is 0.408. The molecule has 1 aliphatic carbocycles. The summed E-state index contributed by atoms with van der Waals surface area (Å²) in [5.74, 6) is -0.847. The van der Waals surface area contributed by atoms with Crippen molar-refractivity contribution in [2.75, 3.05) is 6.79 Å². The summed E-state index contributed by atoms with van der Waals surface area (Å²) in [4.78, 5) is 35.9. The highest BCUT2D eigenvalue weighted by atomic mass is 16.8. The first-order valence-corrected chi connectivity index (χ1v) is 10.5. The number of hydrogen-bond acceptors (Lipinski definition) is 8. The van der Waals surface area contributed by atoms with E-state index in [2.05, 4.69) is 0 Å². The first kappa shape index (κ1) is 22.1. The molecule has 162 valence electrons. The van der Waals surface area contributed by atoms with Crippen LogP contribution in [0, 0.1) is 0 Å². The third kappa shape index (κ3) is 5.75. The molecule has 1 fully saturated rings. The molecule has 8 nitrogen and oxygen atoms in total. The van der Waals surface area contributed by atoms with Crippen molar-refractivity contribution in [2.45, 2.75) is 70.2 Å². The van der Waals surface area contributed by atoms with Gasteiger partial charge in [-0.15, -0.1) is 0 Å². The number of fused-ring (bicyclic) bond motifs is 1. The summed E-state index contributed by atoms with van der Waals surface area (Å²) in [5, 5.41) is 10.3. The minimum atomic E-state index is -1.19. The van der Waals surface area contributed by atoms with E-state index in [0.29, 0.717) is 18.4 Å². The lowest BCUT2D eigenvalue weighted by Crippen LogP contribution is -2.35. The summed E-state index contributed by atoms with van der Waals surface area (Å²) in [6.07, 6.45) is 4.81. The smallest absolute Gasteiger partial charge is 0.526 e. The number of ether oxygens (including phenoxy) is 3. The fourth-order valence-corrected chi connectivity index (χ4v) is 3.82. The first-order chi connectivity index (χ1) is 14.5. The van der Waals surface area contributed by atoms with E-state index in [0.717, 1.165) is 32.1 Å². The van der Waals surface area contributed by atoms with Gasteiger partial charge in [0.05, 0.1) is 0 Å². The molecule has 0 bridgehead atoms. The van der Waals surface area contributed by atoms with Gasteiger partial charge < -0.3 is 23.9 Å². The highest BCUT2D eigenvalue weighted by Crippen LogP contribution is 2.36. The summed E-state index contributed by atoms with van der Waals surface area (Å²) < 4.78 is 20.6. The van der Waals surface area contributed by atoms with Crippen LogP contribution >= 0.6 is 0 Å². The molecule has 1 atom stereocenters. The summed E-state index contributed by atoms with van der Waals surface area (Å²) in [7, 11) is -1.19. The molecule has 9 heteroatoms. The van der Waals surface area contributed by atoms with Crippen molar-refractivity contribution in [3.05, 3.63) is 29.3 Å². The summed E-state index contributed by atoms with van der Waals surface area (Å²) in [6.45, 7) is 1.19. The van der Waals surface area contributed by atoms with Crippen LogP contribution in [0.5, 0.6) is 5.75 Å². The van der Waals surface area contributed by atoms with Crippen LogP contribution in [0.4, 0.5) is 4.79 Å². The van der Waals surface area contributed by atoms with Crippen molar-refractivity contribution in [1.82, 2.24) is 0 Å². The van der Waals surface area contributed by atoms with Crippen molar-refractivity contribution >= 4 is 25.0 Å². The van der Waals surface area contributed by atoms with E-state index in [-0.39, 0.29) is 35.4 Å². The Bertz CT molecular complexity index is 774. The van der Waals surface area contributed by atoms with Gasteiger partial charge in [0.1, 0.15) is 23.2 Å². The van der Waals surface area contributed by atoms with E-state index in [1.54, 1.807) is 19.1 Å².